The van der Waals surface area contributed by atoms with E-state index in [0.29, 0.717) is 23.6 Å². The minimum Gasteiger partial charge on any atom is -0.334 e. The molecule has 0 unspecified atom stereocenters. The van der Waals surface area contributed by atoms with E-state index in [1.54, 1.807) is 24.1 Å². The number of nitrogens with zero attached hydrogens (tertiary/aromatic N) is 2. The van der Waals surface area contributed by atoms with E-state index in [2.05, 4.69) is 10.4 Å². The van der Waals surface area contributed by atoms with Gasteiger partial charge in [0.2, 0.25) is 0 Å². The van der Waals surface area contributed by atoms with E-state index in [9.17, 15) is 4.79 Å². The fourth-order valence-corrected chi connectivity index (χ4v) is 1.51. The van der Waals surface area contributed by atoms with Gasteiger partial charge in [-0.3, -0.25) is 4.79 Å². The number of amidine groups is 1. The quantitative estimate of drug-likeness (QED) is 0.470. The Kier molecular flexibility index (Phi) is 2.39. The Hall–Kier alpha value is -1.88. The number of carbonyl (C=O) groups excluding carboxylic acids is 1. The Morgan fingerprint density at radius 3 is 2.93 bits per heavy atom. The van der Waals surface area contributed by atoms with Gasteiger partial charge in [0.25, 0.3) is 5.91 Å². The average molecular weight is 204 g/mol. The lowest BCUT2D eigenvalue weighted by atomic mass is 10.1. The van der Waals surface area contributed by atoms with Crippen molar-refractivity contribution in [1.29, 1.82) is 0 Å². The van der Waals surface area contributed by atoms with Crippen LogP contribution in [-0.4, -0.2) is 30.2 Å². The zero-order valence-electron chi connectivity index (χ0n) is 8.40. The first-order valence-electron chi connectivity index (χ1n) is 4.61. The first-order chi connectivity index (χ1) is 7.22. The standard InChI is InChI=1S/C10H12N4O/c1-14-6-9(13-11)12-8-5-3-2-4-7(8)10(14)15/h2-5H,6,11H2,1H3,(H,12,13). The number of amides is 1. The first kappa shape index (κ1) is 9.67. The van der Waals surface area contributed by atoms with Crippen molar-refractivity contribution >= 4 is 17.4 Å². The molecular weight excluding hydrogens is 192 g/mol. The fraction of sp³-hybridized carbons (Fsp3) is 0.200. The van der Waals surface area contributed by atoms with Crippen molar-refractivity contribution in [3.8, 4) is 0 Å². The number of para-hydroxylation sites is 1. The smallest absolute Gasteiger partial charge is 0.256 e. The Bertz CT molecular complexity index is 427. The average Bonchev–Trinajstić information content (AvgIpc) is 2.38. The Balaban J connectivity index is 2.54. The molecule has 3 N–H and O–H groups in total. The zero-order chi connectivity index (χ0) is 10.8. The van der Waals surface area contributed by atoms with Gasteiger partial charge in [-0.2, -0.15) is 0 Å². The van der Waals surface area contributed by atoms with Crippen molar-refractivity contribution in [1.82, 2.24) is 10.3 Å². The van der Waals surface area contributed by atoms with Crippen molar-refractivity contribution in [3.63, 3.8) is 0 Å². The van der Waals surface area contributed by atoms with Crippen molar-refractivity contribution in [2.24, 2.45) is 10.8 Å². The van der Waals surface area contributed by atoms with Crippen LogP contribution in [0.4, 0.5) is 5.69 Å². The van der Waals surface area contributed by atoms with Gasteiger partial charge >= 0.3 is 0 Å². The minimum absolute atomic E-state index is 0.0420. The van der Waals surface area contributed by atoms with Gasteiger partial charge in [-0.25, -0.2) is 10.8 Å². The van der Waals surface area contributed by atoms with Crippen molar-refractivity contribution in [2.45, 2.75) is 0 Å². The summed E-state index contributed by atoms with van der Waals surface area (Å²) in [5, 5.41) is 0. The normalized spacial score (nSPS) is 15.5. The predicted octanol–water partition coefficient (Wildman–Crippen LogP) is 0.266. The molecule has 1 aromatic carbocycles. The molecule has 5 heteroatoms. The molecular formula is C10H12N4O. The van der Waals surface area contributed by atoms with E-state index < -0.39 is 0 Å². The number of aliphatic imine (C=N–C) groups is 1. The summed E-state index contributed by atoms with van der Waals surface area (Å²) in [4.78, 5) is 17.7. The molecule has 1 aliphatic heterocycles. The molecule has 2 rings (SSSR count). The number of hydrazine groups is 1. The van der Waals surface area contributed by atoms with Gasteiger partial charge in [0, 0.05) is 7.05 Å². The molecule has 0 saturated carbocycles. The van der Waals surface area contributed by atoms with Gasteiger partial charge in [-0.05, 0) is 12.1 Å². The van der Waals surface area contributed by atoms with Crippen LogP contribution in [0, 0.1) is 0 Å². The van der Waals surface area contributed by atoms with Gasteiger partial charge in [-0.1, -0.05) is 12.1 Å². The molecule has 0 fully saturated rings. The van der Waals surface area contributed by atoms with Crippen LogP contribution >= 0.6 is 0 Å². The number of nitrogens with two attached hydrogens (primary N) is 1. The highest BCUT2D eigenvalue weighted by atomic mass is 16.2. The Morgan fingerprint density at radius 2 is 2.20 bits per heavy atom. The number of benzene rings is 1. The molecule has 78 valence electrons. The second-order valence-electron chi connectivity index (χ2n) is 3.38. The van der Waals surface area contributed by atoms with Crippen LogP contribution in [0.25, 0.3) is 0 Å². The second kappa shape index (κ2) is 3.70. The van der Waals surface area contributed by atoms with E-state index in [-0.39, 0.29) is 5.91 Å². The number of carbonyl (C=O) groups is 1. The maximum atomic E-state index is 11.9. The monoisotopic (exact) mass is 204 g/mol. The maximum absolute atomic E-state index is 11.9. The molecule has 0 bridgehead atoms. The third kappa shape index (κ3) is 1.69. The third-order valence-electron chi connectivity index (χ3n) is 2.29. The van der Waals surface area contributed by atoms with Crippen molar-refractivity contribution < 1.29 is 4.79 Å². The summed E-state index contributed by atoms with van der Waals surface area (Å²) in [6, 6.07) is 7.22. The topological polar surface area (TPSA) is 70.7 Å². The summed E-state index contributed by atoms with van der Waals surface area (Å²) in [6.45, 7) is 0.393. The lowest BCUT2D eigenvalue weighted by Gasteiger charge is -2.14. The molecule has 0 saturated heterocycles. The van der Waals surface area contributed by atoms with E-state index in [1.165, 1.54) is 0 Å². The van der Waals surface area contributed by atoms with Crippen molar-refractivity contribution in [3.05, 3.63) is 29.8 Å². The summed E-state index contributed by atoms with van der Waals surface area (Å²) < 4.78 is 0. The summed E-state index contributed by atoms with van der Waals surface area (Å²) in [5.41, 5.74) is 3.75. The molecule has 0 atom stereocenters. The summed E-state index contributed by atoms with van der Waals surface area (Å²) in [5.74, 6) is 5.86. The predicted molar refractivity (Wildman–Crippen MR) is 57.8 cm³/mol. The van der Waals surface area contributed by atoms with E-state index in [1.807, 2.05) is 12.1 Å². The highest BCUT2D eigenvalue weighted by Crippen LogP contribution is 2.22. The second-order valence-corrected chi connectivity index (χ2v) is 3.38. The number of hydrogen-bond donors (Lipinski definition) is 2. The molecule has 1 heterocycles. The Labute approximate surface area is 87.6 Å². The third-order valence-corrected chi connectivity index (χ3v) is 2.29. The SMILES string of the molecule is CN1CC(NN)=Nc2ccccc2C1=O. The van der Waals surface area contributed by atoms with Gasteiger partial charge < -0.3 is 10.3 Å². The number of fused-ring (bicyclic) bond motifs is 1. The molecule has 1 aromatic rings. The van der Waals surface area contributed by atoms with Crippen LogP contribution in [0.2, 0.25) is 0 Å². The summed E-state index contributed by atoms with van der Waals surface area (Å²) in [7, 11) is 1.72. The molecule has 0 spiro atoms. The van der Waals surface area contributed by atoms with Crippen LogP contribution in [0.3, 0.4) is 0 Å². The molecule has 5 nitrogen and oxygen atoms in total. The lowest BCUT2D eigenvalue weighted by molar-refractivity contribution is 0.0816. The summed E-state index contributed by atoms with van der Waals surface area (Å²) in [6.07, 6.45) is 0. The van der Waals surface area contributed by atoms with Gasteiger partial charge in [0.05, 0.1) is 17.8 Å². The number of likely N-dealkylation sites (N-methyl/N-ethyl adjacent to an activating group) is 1. The molecule has 15 heavy (non-hydrogen) atoms. The van der Waals surface area contributed by atoms with E-state index in [0.717, 1.165) is 0 Å². The maximum Gasteiger partial charge on any atom is 0.256 e. The molecule has 0 radical (unpaired) electrons. The minimum atomic E-state index is -0.0420. The highest BCUT2D eigenvalue weighted by molar-refractivity contribution is 6.04. The van der Waals surface area contributed by atoms with Crippen LogP contribution in [-0.2, 0) is 0 Å². The van der Waals surface area contributed by atoms with Gasteiger partial charge in [0.1, 0.15) is 5.84 Å². The number of nitrogens with one attached hydrogen (secondary N) is 1. The van der Waals surface area contributed by atoms with Crippen LogP contribution in [0.5, 0.6) is 0 Å². The fourth-order valence-electron chi connectivity index (χ4n) is 1.51. The number of rotatable bonds is 0. The van der Waals surface area contributed by atoms with Crippen LogP contribution < -0.4 is 11.3 Å². The molecule has 1 aliphatic rings. The van der Waals surface area contributed by atoms with Crippen molar-refractivity contribution in [2.75, 3.05) is 13.6 Å². The van der Waals surface area contributed by atoms with Gasteiger partial charge in [-0.15, -0.1) is 0 Å². The van der Waals surface area contributed by atoms with Crippen LogP contribution in [0.1, 0.15) is 10.4 Å². The summed E-state index contributed by atoms with van der Waals surface area (Å²) >= 11 is 0. The molecule has 1 amide bonds. The van der Waals surface area contributed by atoms with Gasteiger partial charge in [0.15, 0.2) is 0 Å². The number of hydrogen-bond acceptors (Lipinski definition) is 4. The Morgan fingerprint density at radius 1 is 1.47 bits per heavy atom. The largest absolute Gasteiger partial charge is 0.334 e. The highest BCUT2D eigenvalue weighted by Gasteiger charge is 2.20. The molecule has 0 aliphatic carbocycles. The van der Waals surface area contributed by atoms with E-state index in [4.69, 9.17) is 5.84 Å². The zero-order valence-corrected chi connectivity index (χ0v) is 8.40. The lowest BCUT2D eigenvalue weighted by Crippen LogP contribution is -2.40. The van der Waals surface area contributed by atoms with Crippen LogP contribution in [0.15, 0.2) is 29.3 Å². The first-order valence-corrected chi connectivity index (χ1v) is 4.61. The molecule has 0 aromatic heterocycles. The van der Waals surface area contributed by atoms with E-state index >= 15 is 0 Å².